The monoisotopic (exact) mass is 346 g/mol. The summed E-state index contributed by atoms with van der Waals surface area (Å²) in [5, 5.41) is 12.3. The maximum absolute atomic E-state index is 6.36. The van der Waals surface area contributed by atoms with Gasteiger partial charge in [-0.05, 0) is 31.9 Å². The van der Waals surface area contributed by atoms with Gasteiger partial charge in [0.2, 0.25) is 0 Å². The van der Waals surface area contributed by atoms with Crippen molar-refractivity contribution >= 4 is 12.4 Å². The molecule has 1 aliphatic rings. The number of nitrogens with zero attached hydrogens (tertiary/aromatic N) is 5. The van der Waals surface area contributed by atoms with Crippen LogP contribution in [0.3, 0.4) is 0 Å². The summed E-state index contributed by atoms with van der Waals surface area (Å²) in [7, 11) is 0. The second-order valence-corrected chi connectivity index (χ2v) is 6.17. The topological polar surface area (TPSA) is 95.7 Å². The third-order valence-electron chi connectivity index (χ3n) is 4.38. The first kappa shape index (κ1) is 16.6. The molecule has 24 heavy (non-hydrogen) atoms. The minimum atomic E-state index is -0.464. The Balaban J connectivity index is 0.00000169. The first-order chi connectivity index (χ1) is 11.1. The summed E-state index contributed by atoms with van der Waals surface area (Å²) < 4.78 is 7.03. The molecule has 0 spiro atoms. The Morgan fingerprint density at radius 1 is 1.17 bits per heavy atom. The molecule has 0 saturated heterocycles. The van der Waals surface area contributed by atoms with Gasteiger partial charge in [0.05, 0.1) is 17.4 Å². The Bertz CT molecular complexity index is 819. The van der Waals surface area contributed by atoms with Gasteiger partial charge >= 0.3 is 0 Å². The SMILES string of the molecule is Cc1ccc(-n2cc(-c3nc(C4(N)CCCC4)no3)nn2)cc1.Cl. The van der Waals surface area contributed by atoms with Crippen LogP contribution in [0.4, 0.5) is 0 Å². The highest BCUT2D eigenvalue weighted by atomic mass is 35.5. The number of hydrogen-bond acceptors (Lipinski definition) is 6. The molecule has 0 atom stereocenters. The number of rotatable bonds is 3. The summed E-state index contributed by atoms with van der Waals surface area (Å²) in [5.74, 6) is 0.921. The van der Waals surface area contributed by atoms with Gasteiger partial charge in [0, 0.05) is 0 Å². The van der Waals surface area contributed by atoms with Gasteiger partial charge in [0.25, 0.3) is 5.89 Å². The van der Waals surface area contributed by atoms with Crippen molar-refractivity contribution in [3.05, 3.63) is 41.9 Å². The minimum Gasteiger partial charge on any atom is -0.332 e. The second kappa shape index (κ2) is 6.33. The summed E-state index contributed by atoms with van der Waals surface area (Å²) in [4.78, 5) is 4.44. The van der Waals surface area contributed by atoms with Gasteiger partial charge in [0.15, 0.2) is 11.5 Å². The molecule has 2 heterocycles. The van der Waals surface area contributed by atoms with E-state index in [1.807, 2.05) is 31.2 Å². The smallest absolute Gasteiger partial charge is 0.280 e. The predicted molar refractivity (Wildman–Crippen MR) is 91.0 cm³/mol. The second-order valence-electron chi connectivity index (χ2n) is 6.17. The van der Waals surface area contributed by atoms with Crippen molar-refractivity contribution in [1.82, 2.24) is 25.1 Å². The zero-order chi connectivity index (χ0) is 15.9. The fourth-order valence-electron chi connectivity index (χ4n) is 2.94. The highest BCUT2D eigenvalue weighted by Crippen LogP contribution is 2.35. The van der Waals surface area contributed by atoms with E-state index in [2.05, 4.69) is 20.5 Å². The first-order valence-corrected chi connectivity index (χ1v) is 7.77. The van der Waals surface area contributed by atoms with E-state index in [9.17, 15) is 0 Å². The molecule has 1 aromatic carbocycles. The van der Waals surface area contributed by atoms with Crippen LogP contribution in [0.25, 0.3) is 17.3 Å². The molecule has 0 unspecified atom stereocenters. The Hall–Kier alpha value is -2.25. The molecular weight excluding hydrogens is 328 g/mol. The van der Waals surface area contributed by atoms with Gasteiger partial charge < -0.3 is 10.3 Å². The normalized spacial score (nSPS) is 16.1. The Kier molecular flexibility index (Phi) is 4.38. The van der Waals surface area contributed by atoms with Gasteiger partial charge in [-0.2, -0.15) is 4.98 Å². The average molecular weight is 347 g/mol. The van der Waals surface area contributed by atoms with Crippen molar-refractivity contribution in [2.45, 2.75) is 38.1 Å². The highest BCUT2D eigenvalue weighted by Gasteiger charge is 2.36. The summed E-state index contributed by atoms with van der Waals surface area (Å²) >= 11 is 0. The van der Waals surface area contributed by atoms with E-state index in [0.717, 1.165) is 31.4 Å². The largest absolute Gasteiger partial charge is 0.332 e. The van der Waals surface area contributed by atoms with E-state index >= 15 is 0 Å². The van der Waals surface area contributed by atoms with E-state index < -0.39 is 5.54 Å². The lowest BCUT2D eigenvalue weighted by molar-refractivity contribution is 0.372. The number of benzene rings is 1. The van der Waals surface area contributed by atoms with Crippen LogP contribution in [0, 0.1) is 6.92 Å². The molecule has 0 amide bonds. The molecule has 126 valence electrons. The molecule has 8 heteroatoms. The van der Waals surface area contributed by atoms with Crippen molar-refractivity contribution in [1.29, 1.82) is 0 Å². The summed E-state index contributed by atoms with van der Waals surface area (Å²) in [6.45, 7) is 2.04. The molecule has 0 radical (unpaired) electrons. The molecule has 1 fully saturated rings. The zero-order valence-electron chi connectivity index (χ0n) is 13.3. The molecular formula is C16H19ClN6O. The molecule has 4 rings (SSSR count). The van der Waals surface area contributed by atoms with E-state index in [0.29, 0.717) is 17.4 Å². The third-order valence-corrected chi connectivity index (χ3v) is 4.38. The van der Waals surface area contributed by atoms with Crippen LogP contribution < -0.4 is 5.73 Å². The predicted octanol–water partition coefficient (Wildman–Crippen LogP) is 2.78. The molecule has 1 saturated carbocycles. The zero-order valence-corrected chi connectivity index (χ0v) is 14.2. The van der Waals surface area contributed by atoms with Crippen LogP contribution in [-0.2, 0) is 5.54 Å². The fraction of sp³-hybridized carbons (Fsp3) is 0.375. The Morgan fingerprint density at radius 3 is 2.58 bits per heavy atom. The van der Waals surface area contributed by atoms with Crippen LogP contribution in [0.15, 0.2) is 35.0 Å². The van der Waals surface area contributed by atoms with E-state index in [-0.39, 0.29) is 12.4 Å². The van der Waals surface area contributed by atoms with Crippen LogP contribution in [0.1, 0.15) is 37.1 Å². The Labute approximate surface area is 145 Å². The lowest BCUT2D eigenvalue weighted by Crippen LogP contribution is -2.34. The van der Waals surface area contributed by atoms with Crippen LogP contribution in [0.5, 0.6) is 0 Å². The summed E-state index contributed by atoms with van der Waals surface area (Å²) in [6.07, 6.45) is 5.76. The molecule has 0 bridgehead atoms. The highest BCUT2D eigenvalue weighted by molar-refractivity contribution is 5.85. The van der Waals surface area contributed by atoms with Gasteiger partial charge in [-0.1, -0.05) is 40.9 Å². The fourth-order valence-corrected chi connectivity index (χ4v) is 2.94. The minimum absolute atomic E-state index is 0. The van der Waals surface area contributed by atoms with Gasteiger partial charge in [-0.3, -0.25) is 0 Å². The van der Waals surface area contributed by atoms with E-state index in [4.69, 9.17) is 10.3 Å². The number of hydrogen-bond donors (Lipinski definition) is 1. The van der Waals surface area contributed by atoms with Crippen LogP contribution >= 0.6 is 12.4 Å². The lowest BCUT2D eigenvalue weighted by atomic mass is 9.99. The third kappa shape index (κ3) is 2.92. The Morgan fingerprint density at radius 2 is 1.88 bits per heavy atom. The molecule has 0 aliphatic heterocycles. The van der Waals surface area contributed by atoms with Gasteiger partial charge in [-0.15, -0.1) is 17.5 Å². The lowest BCUT2D eigenvalue weighted by Gasteiger charge is -2.17. The van der Waals surface area contributed by atoms with Crippen LogP contribution in [0.2, 0.25) is 0 Å². The maximum atomic E-state index is 6.36. The summed E-state index contributed by atoms with van der Waals surface area (Å²) in [5.41, 5.74) is 8.57. The van der Waals surface area contributed by atoms with Crippen molar-refractivity contribution < 1.29 is 4.52 Å². The van der Waals surface area contributed by atoms with Gasteiger partial charge in [-0.25, -0.2) is 4.68 Å². The molecule has 2 N–H and O–H groups in total. The summed E-state index contributed by atoms with van der Waals surface area (Å²) in [6, 6.07) is 8.03. The van der Waals surface area contributed by atoms with Crippen molar-refractivity contribution in [3.63, 3.8) is 0 Å². The maximum Gasteiger partial charge on any atom is 0.280 e. The van der Waals surface area contributed by atoms with Gasteiger partial charge in [0.1, 0.15) is 0 Å². The number of halogens is 1. The number of nitrogens with two attached hydrogens (primary N) is 1. The van der Waals surface area contributed by atoms with Crippen LogP contribution in [-0.4, -0.2) is 25.1 Å². The molecule has 1 aliphatic carbocycles. The van der Waals surface area contributed by atoms with E-state index in [1.54, 1.807) is 10.9 Å². The van der Waals surface area contributed by atoms with E-state index in [1.165, 1.54) is 5.56 Å². The average Bonchev–Trinajstić information content (AvgIpc) is 3.28. The molecule has 3 aromatic rings. The standard InChI is InChI=1S/C16H18N6O.ClH/c1-11-4-6-12(7-5-11)22-10-13(19-21-22)14-18-15(20-23-14)16(17)8-2-3-9-16;/h4-7,10H,2-3,8-9,17H2,1H3;1H. The quantitative estimate of drug-likeness (QED) is 0.783. The number of aryl methyl sites for hydroxylation is 1. The van der Waals surface area contributed by atoms with Crippen molar-refractivity contribution in [2.24, 2.45) is 5.73 Å². The first-order valence-electron chi connectivity index (χ1n) is 7.77. The molecule has 7 nitrogen and oxygen atoms in total. The number of aromatic nitrogens is 5. The van der Waals surface area contributed by atoms with Crippen molar-refractivity contribution in [3.8, 4) is 17.3 Å². The van der Waals surface area contributed by atoms with Crippen molar-refractivity contribution in [2.75, 3.05) is 0 Å². The molecule has 2 aromatic heterocycles.